The van der Waals surface area contributed by atoms with E-state index in [4.69, 9.17) is 0 Å². The summed E-state index contributed by atoms with van der Waals surface area (Å²) in [5, 5.41) is 13.3. The Hall–Kier alpha value is -3.94. The van der Waals surface area contributed by atoms with Crippen LogP contribution in [0.15, 0.2) is 63.1 Å². The van der Waals surface area contributed by atoms with Crippen molar-refractivity contribution in [2.24, 2.45) is 4.99 Å². The molecule has 0 aliphatic rings. The first kappa shape index (κ1) is 20.8. The molecule has 0 radical (unpaired) electrons. The zero-order chi connectivity index (χ0) is 21.8. The molecular formula is C22H22N4O4. The Bertz CT molecular complexity index is 1200. The molecule has 0 spiro atoms. The lowest BCUT2D eigenvalue weighted by Crippen LogP contribution is -2.31. The highest BCUT2D eigenvalue weighted by molar-refractivity contribution is 5.89. The molecule has 30 heavy (non-hydrogen) atoms. The highest BCUT2D eigenvalue weighted by Gasteiger charge is 2.14. The maximum Gasteiger partial charge on any atom is 0.335 e. The number of hydrogen-bond donors (Lipinski definition) is 3. The summed E-state index contributed by atoms with van der Waals surface area (Å²) in [4.78, 5) is 42.0. The summed E-state index contributed by atoms with van der Waals surface area (Å²) in [5.41, 5.74) is 0.987. The van der Waals surface area contributed by atoms with Crippen LogP contribution in [0.4, 0.5) is 11.4 Å². The molecule has 154 valence electrons. The lowest BCUT2D eigenvalue weighted by atomic mass is 10.0. The number of benzene rings is 2. The van der Waals surface area contributed by atoms with Gasteiger partial charge in [0.1, 0.15) is 5.56 Å². The van der Waals surface area contributed by atoms with Crippen LogP contribution in [0.25, 0.3) is 5.69 Å². The van der Waals surface area contributed by atoms with Gasteiger partial charge in [-0.1, -0.05) is 26.0 Å². The molecule has 0 saturated heterocycles. The van der Waals surface area contributed by atoms with E-state index in [9.17, 15) is 19.5 Å². The maximum atomic E-state index is 12.3. The average Bonchev–Trinajstić information content (AvgIpc) is 2.68. The fourth-order valence-corrected chi connectivity index (χ4v) is 2.88. The quantitative estimate of drug-likeness (QED) is 0.565. The highest BCUT2D eigenvalue weighted by Crippen LogP contribution is 2.20. The molecule has 3 N–H and O–H groups in total. The minimum absolute atomic E-state index is 0.145. The minimum atomic E-state index is -0.744. The Labute approximate surface area is 172 Å². The third-order valence-electron chi connectivity index (χ3n) is 4.47. The number of aromatic hydroxyl groups is 1. The molecule has 8 heteroatoms. The van der Waals surface area contributed by atoms with Crippen molar-refractivity contribution in [2.45, 2.75) is 26.7 Å². The predicted molar refractivity (Wildman–Crippen MR) is 116 cm³/mol. The number of hydrogen-bond acceptors (Lipinski definition) is 5. The SMILES string of the molecule is CC(=O)Nc1ccc(N=Cc2c(O)n(-c3ccc(C(C)C)cc3)c(=O)[nH]c2=O)cc1. The molecule has 3 rings (SSSR count). The molecule has 0 aliphatic heterocycles. The molecule has 0 aliphatic carbocycles. The summed E-state index contributed by atoms with van der Waals surface area (Å²) in [6.07, 6.45) is 1.19. The fourth-order valence-electron chi connectivity index (χ4n) is 2.88. The van der Waals surface area contributed by atoms with Crippen molar-refractivity contribution in [1.29, 1.82) is 0 Å². The topological polar surface area (TPSA) is 117 Å². The van der Waals surface area contributed by atoms with Crippen molar-refractivity contribution in [3.05, 3.63) is 80.5 Å². The largest absolute Gasteiger partial charge is 0.493 e. The maximum absolute atomic E-state index is 12.3. The Morgan fingerprint density at radius 1 is 1.10 bits per heavy atom. The van der Waals surface area contributed by atoms with Gasteiger partial charge in [-0.15, -0.1) is 0 Å². The van der Waals surface area contributed by atoms with Crippen molar-refractivity contribution in [2.75, 3.05) is 5.32 Å². The van der Waals surface area contributed by atoms with Crippen molar-refractivity contribution < 1.29 is 9.90 Å². The van der Waals surface area contributed by atoms with Gasteiger partial charge in [-0.05, 0) is 47.9 Å². The number of aliphatic imine (C=N–C) groups is 1. The van der Waals surface area contributed by atoms with Crippen LogP contribution in [-0.2, 0) is 4.79 Å². The average molecular weight is 406 g/mol. The van der Waals surface area contributed by atoms with E-state index in [-0.39, 0.29) is 11.5 Å². The second kappa shape index (κ2) is 8.60. The van der Waals surface area contributed by atoms with Crippen LogP contribution in [0, 0.1) is 0 Å². The van der Waals surface area contributed by atoms with Gasteiger partial charge in [0.05, 0.1) is 11.4 Å². The highest BCUT2D eigenvalue weighted by atomic mass is 16.3. The third kappa shape index (κ3) is 4.54. The van der Waals surface area contributed by atoms with Crippen LogP contribution in [0.5, 0.6) is 5.88 Å². The lowest BCUT2D eigenvalue weighted by molar-refractivity contribution is -0.114. The normalized spacial score (nSPS) is 11.2. The van der Waals surface area contributed by atoms with Gasteiger partial charge in [-0.2, -0.15) is 0 Å². The number of nitrogens with one attached hydrogen (secondary N) is 2. The van der Waals surface area contributed by atoms with Crippen LogP contribution in [0.3, 0.4) is 0 Å². The number of amides is 1. The standard InChI is InChI=1S/C22H22N4O4/c1-13(2)15-4-10-18(11-5-15)26-21(29)19(20(28)25-22(26)30)12-23-16-6-8-17(9-7-16)24-14(3)27/h4-13,29H,1-3H3,(H,24,27)(H,25,28,30). The second-order valence-corrected chi connectivity index (χ2v) is 7.06. The van der Waals surface area contributed by atoms with Crippen LogP contribution in [-0.4, -0.2) is 26.8 Å². The van der Waals surface area contributed by atoms with Crippen LogP contribution in [0.1, 0.15) is 37.8 Å². The van der Waals surface area contributed by atoms with Gasteiger partial charge in [0.15, 0.2) is 0 Å². The molecule has 0 atom stereocenters. The van der Waals surface area contributed by atoms with Crippen molar-refractivity contribution in [3.8, 4) is 11.6 Å². The fraction of sp³-hybridized carbons (Fsp3) is 0.182. The van der Waals surface area contributed by atoms with Gasteiger partial charge in [-0.3, -0.25) is 19.6 Å². The molecule has 1 aromatic heterocycles. The van der Waals surface area contributed by atoms with E-state index < -0.39 is 17.1 Å². The first-order chi connectivity index (χ1) is 14.3. The van der Waals surface area contributed by atoms with Crippen LogP contribution in [0.2, 0.25) is 0 Å². The van der Waals surface area contributed by atoms with Gasteiger partial charge in [0, 0.05) is 18.8 Å². The van der Waals surface area contributed by atoms with E-state index in [1.165, 1.54) is 13.1 Å². The number of aromatic amines is 1. The zero-order valence-electron chi connectivity index (χ0n) is 16.8. The lowest BCUT2D eigenvalue weighted by Gasteiger charge is -2.11. The predicted octanol–water partition coefficient (Wildman–Crippen LogP) is 3.06. The van der Waals surface area contributed by atoms with E-state index >= 15 is 0 Å². The number of rotatable bonds is 5. The summed E-state index contributed by atoms with van der Waals surface area (Å²) in [6.45, 7) is 5.51. The minimum Gasteiger partial charge on any atom is -0.493 e. The first-order valence-corrected chi connectivity index (χ1v) is 9.36. The van der Waals surface area contributed by atoms with Gasteiger partial charge in [0.25, 0.3) is 5.56 Å². The van der Waals surface area contributed by atoms with Crippen molar-refractivity contribution in [1.82, 2.24) is 9.55 Å². The molecule has 8 nitrogen and oxygen atoms in total. The van der Waals surface area contributed by atoms with E-state index in [0.29, 0.717) is 23.0 Å². The van der Waals surface area contributed by atoms with Crippen LogP contribution >= 0.6 is 0 Å². The number of anilines is 1. The Balaban J connectivity index is 1.97. The van der Waals surface area contributed by atoms with E-state index in [0.717, 1.165) is 10.1 Å². The van der Waals surface area contributed by atoms with Gasteiger partial charge >= 0.3 is 5.69 Å². The Kier molecular flexibility index (Phi) is 5.96. The Morgan fingerprint density at radius 3 is 2.30 bits per heavy atom. The molecule has 0 unspecified atom stereocenters. The Morgan fingerprint density at radius 2 is 1.73 bits per heavy atom. The molecule has 2 aromatic carbocycles. The summed E-state index contributed by atoms with van der Waals surface area (Å²) >= 11 is 0. The monoisotopic (exact) mass is 406 g/mol. The van der Waals surface area contributed by atoms with Gasteiger partial charge < -0.3 is 10.4 Å². The number of aromatic nitrogens is 2. The van der Waals surface area contributed by atoms with Crippen molar-refractivity contribution in [3.63, 3.8) is 0 Å². The summed E-state index contributed by atoms with van der Waals surface area (Å²) in [6, 6.07) is 13.8. The van der Waals surface area contributed by atoms with Crippen molar-refractivity contribution >= 4 is 23.5 Å². The first-order valence-electron chi connectivity index (χ1n) is 9.36. The molecule has 1 amide bonds. The molecule has 0 bridgehead atoms. The molecule has 3 aromatic rings. The van der Waals surface area contributed by atoms with E-state index in [1.807, 2.05) is 12.1 Å². The number of carbonyl (C=O) groups excluding carboxylic acids is 1. The molecular weight excluding hydrogens is 384 g/mol. The van der Waals surface area contributed by atoms with Gasteiger partial charge in [-0.25, -0.2) is 9.36 Å². The molecule has 0 fully saturated rings. The van der Waals surface area contributed by atoms with Gasteiger partial charge in [0.2, 0.25) is 11.8 Å². The van der Waals surface area contributed by atoms with E-state index in [2.05, 4.69) is 29.1 Å². The zero-order valence-corrected chi connectivity index (χ0v) is 16.8. The molecule has 0 saturated carbocycles. The summed E-state index contributed by atoms with van der Waals surface area (Å²) < 4.78 is 1.02. The number of nitrogens with zero attached hydrogens (tertiary/aromatic N) is 2. The number of H-pyrrole nitrogens is 1. The van der Waals surface area contributed by atoms with E-state index in [1.54, 1.807) is 36.4 Å². The smallest absolute Gasteiger partial charge is 0.335 e. The second-order valence-electron chi connectivity index (χ2n) is 7.06. The molecule has 1 heterocycles. The summed E-state index contributed by atoms with van der Waals surface area (Å²) in [7, 11) is 0. The third-order valence-corrected chi connectivity index (χ3v) is 4.47. The van der Waals surface area contributed by atoms with Crippen LogP contribution < -0.4 is 16.6 Å². The summed E-state index contributed by atoms with van der Waals surface area (Å²) in [5.74, 6) is -0.370. The number of carbonyl (C=O) groups is 1.